The van der Waals surface area contributed by atoms with Crippen LogP contribution in [0.2, 0.25) is 0 Å². The molecule has 0 unspecified atom stereocenters. The van der Waals surface area contributed by atoms with Crippen molar-refractivity contribution in [1.82, 2.24) is 0 Å². The molecule has 0 radical (unpaired) electrons. The van der Waals surface area contributed by atoms with E-state index in [1.54, 1.807) is 0 Å². The Morgan fingerprint density at radius 2 is 1.81 bits per heavy atom. The van der Waals surface area contributed by atoms with Crippen LogP contribution in [-0.4, -0.2) is 25.3 Å². The van der Waals surface area contributed by atoms with Crippen LogP contribution >= 0.6 is 0 Å². The average Bonchev–Trinajstić information content (AvgIpc) is 2.44. The van der Waals surface area contributed by atoms with Gasteiger partial charge in [0, 0.05) is 13.6 Å². The fourth-order valence-corrected chi connectivity index (χ4v) is 1.99. The monoisotopic (exact) mass is 300 g/mol. The van der Waals surface area contributed by atoms with Gasteiger partial charge in [-0.3, -0.25) is 4.79 Å². The summed E-state index contributed by atoms with van der Waals surface area (Å²) in [6.07, 6.45) is 0. The third kappa shape index (κ3) is 2.07. The molecule has 1 aromatic carbocycles. The Morgan fingerprint density at radius 3 is 2.33 bits per heavy atom. The number of rotatable bonds is 2. The van der Waals surface area contributed by atoms with E-state index in [-0.39, 0.29) is 12.1 Å². The van der Waals surface area contributed by atoms with Gasteiger partial charge in [-0.25, -0.2) is 18.0 Å². The van der Waals surface area contributed by atoms with E-state index in [4.69, 9.17) is 5.73 Å². The summed E-state index contributed by atoms with van der Waals surface area (Å²) in [5.74, 6) is -7.73. The van der Waals surface area contributed by atoms with Crippen LogP contribution in [0.15, 0.2) is 11.1 Å². The van der Waals surface area contributed by atoms with Crippen molar-refractivity contribution in [3.63, 3.8) is 0 Å². The molecule has 0 saturated carbocycles. The van der Waals surface area contributed by atoms with Crippen LogP contribution in [0.4, 0.5) is 18.9 Å². The first kappa shape index (κ1) is 15.0. The number of nitrogens with one attached hydrogen (secondary N) is 1. The SMILES string of the molecule is CNc1c(F)c(F)c2c(c1F)OC(=O)C(=C(C)CN)C2=O. The minimum absolute atomic E-state index is 0.133. The van der Waals surface area contributed by atoms with Crippen molar-refractivity contribution >= 4 is 17.4 Å². The summed E-state index contributed by atoms with van der Waals surface area (Å²) in [5, 5.41) is 2.10. The second kappa shape index (κ2) is 5.21. The van der Waals surface area contributed by atoms with Gasteiger partial charge in [0.05, 0.1) is 0 Å². The number of esters is 1. The maximum Gasteiger partial charge on any atom is 0.347 e. The molecule has 0 amide bonds. The van der Waals surface area contributed by atoms with E-state index in [9.17, 15) is 22.8 Å². The molecule has 112 valence electrons. The first-order valence-electron chi connectivity index (χ1n) is 5.90. The molecule has 0 spiro atoms. The first-order chi connectivity index (χ1) is 9.84. The fraction of sp³-hybridized carbons (Fsp3) is 0.231. The zero-order valence-electron chi connectivity index (χ0n) is 11.1. The normalized spacial score (nSPS) is 16.5. The number of ketones is 1. The summed E-state index contributed by atoms with van der Waals surface area (Å²) >= 11 is 0. The van der Waals surface area contributed by atoms with Gasteiger partial charge >= 0.3 is 5.97 Å². The van der Waals surface area contributed by atoms with Crippen molar-refractivity contribution in [3.8, 4) is 5.75 Å². The van der Waals surface area contributed by atoms with Crippen LogP contribution in [0.1, 0.15) is 17.3 Å². The number of benzene rings is 1. The second-order valence-electron chi connectivity index (χ2n) is 4.35. The molecular formula is C13H11F3N2O3. The maximum absolute atomic E-state index is 14.0. The quantitative estimate of drug-likeness (QED) is 0.284. The molecule has 0 aliphatic carbocycles. The molecule has 5 nitrogen and oxygen atoms in total. The number of fused-ring (bicyclic) bond motifs is 1. The number of hydrogen-bond donors (Lipinski definition) is 2. The highest BCUT2D eigenvalue weighted by Gasteiger charge is 2.39. The summed E-state index contributed by atoms with van der Waals surface area (Å²) in [4.78, 5) is 23.9. The number of carbonyl (C=O) groups excluding carboxylic acids is 2. The molecule has 0 saturated heterocycles. The minimum Gasteiger partial charge on any atom is -0.419 e. The Labute approximate surface area is 117 Å². The van der Waals surface area contributed by atoms with Crippen LogP contribution in [0.25, 0.3) is 0 Å². The number of Topliss-reactive ketones (excluding diaryl/α,β-unsaturated/α-hetero) is 1. The lowest BCUT2D eigenvalue weighted by molar-refractivity contribution is -0.130. The van der Waals surface area contributed by atoms with Gasteiger partial charge in [-0.05, 0) is 12.5 Å². The van der Waals surface area contributed by atoms with Gasteiger partial charge in [0.2, 0.25) is 5.78 Å². The van der Waals surface area contributed by atoms with Crippen LogP contribution in [0, 0.1) is 17.5 Å². The number of nitrogens with two attached hydrogens (primary N) is 1. The summed E-state index contributed by atoms with van der Waals surface area (Å²) in [5.41, 5.74) is 3.16. The largest absolute Gasteiger partial charge is 0.419 e. The van der Waals surface area contributed by atoms with E-state index >= 15 is 0 Å². The van der Waals surface area contributed by atoms with Gasteiger partial charge < -0.3 is 15.8 Å². The van der Waals surface area contributed by atoms with Gasteiger partial charge in [-0.2, -0.15) is 0 Å². The number of carbonyl (C=O) groups is 2. The fourth-order valence-electron chi connectivity index (χ4n) is 1.99. The van der Waals surface area contributed by atoms with Crippen molar-refractivity contribution in [2.75, 3.05) is 18.9 Å². The number of anilines is 1. The van der Waals surface area contributed by atoms with E-state index < -0.39 is 51.8 Å². The second-order valence-corrected chi connectivity index (χ2v) is 4.35. The Hall–Kier alpha value is -2.35. The molecule has 1 aromatic rings. The Morgan fingerprint density at radius 1 is 1.19 bits per heavy atom. The Kier molecular flexibility index (Phi) is 3.73. The molecule has 8 heteroatoms. The van der Waals surface area contributed by atoms with Crippen molar-refractivity contribution in [3.05, 3.63) is 34.2 Å². The van der Waals surface area contributed by atoms with Crippen molar-refractivity contribution in [2.45, 2.75) is 6.92 Å². The van der Waals surface area contributed by atoms with E-state index in [0.29, 0.717) is 0 Å². The van der Waals surface area contributed by atoms with Crippen molar-refractivity contribution < 1.29 is 27.5 Å². The van der Waals surface area contributed by atoms with Gasteiger partial charge in [0.25, 0.3) is 0 Å². The molecule has 1 heterocycles. The maximum atomic E-state index is 14.0. The molecule has 0 aromatic heterocycles. The van der Waals surface area contributed by atoms with Crippen LogP contribution < -0.4 is 15.8 Å². The van der Waals surface area contributed by atoms with E-state index in [0.717, 1.165) is 7.05 Å². The molecule has 21 heavy (non-hydrogen) atoms. The zero-order chi connectivity index (χ0) is 15.9. The molecule has 1 aliphatic rings. The molecule has 2 rings (SSSR count). The summed E-state index contributed by atoms with van der Waals surface area (Å²) in [7, 11) is 1.16. The number of halogens is 3. The summed E-state index contributed by atoms with van der Waals surface area (Å²) in [6.45, 7) is 1.21. The third-order valence-corrected chi connectivity index (χ3v) is 3.11. The molecule has 3 N–H and O–H groups in total. The molecule has 0 bridgehead atoms. The van der Waals surface area contributed by atoms with Gasteiger partial charge in [0.15, 0.2) is 23.2 Å². The van der Waals surface area contributed by atoms with Crippen LogP contribution in [0.3, 0.4) is 0 Å². The van der Waals surface area contributed by atoms with Crippen molar-refractivity contribution in [1.29, 1.82) is 0 Å². The first-order valence-corrected chi connectivity index (χ1v) is 5.90. The average molecular weight is 300 g/mol. The molecular weight excluding hydrogens is 289 g/mol. The van der Waals surface area contributed by atoms with Crippen LogP contribution in [-0.2, 0) is 4.79 Å². The highest BCUT2D eigenvalue weighted by Crippen LogP contribution is 2.39. The smallest absolute Gasteiger partial charge is 0.347 e. The molecule has 1 aliphatic heterocycles. The van der Waals surface area contributed by atoms with E-state index in [1.165, 1.54) is 6.92 Å². The Bertz CT molecular complexity index is 699. The standard InChI is InChI=1S/C13H11F3N2O3/c1-4(3-17)5-11(19)6-7(14)8(15)10(18-2)9(16)12(6)21-13(5)20/h18H,3,17H2,1-2H3. The number of ether oxygens (including phenoxy) is 1. The van der Waals surface area contributed by atoms with Crippen LogP contribution in [0.5, 0.6) is 5.75 Å². The minimum atomic E-state index is -1.59. The van der Waals surface area contributed by atoms with Crippen molar-refractivity contribution in [2.24, 2.45) is 5.73 Å². The summed E-state index contributed by atoms with van der Waals surface area (Å²) in [6, 6.07) is 0. The lowest BCUT2D eigenvalue weighted by Crippen LogP contribution is -2.30. The topological polar surface area (TPSA) is 81.4 Å². The number of hydrogen-bond acceptors (Lipinski definition) is 5. The van der Waals surface area contributed by atoms with Gasteiger partial charge in [-0.15, -0.1) is 0 Å². The lowest BCUT2D eigenvalue weighted by Gasteiger charge is -2.21. The molecule has 0 fully saturated rings. The lowest BCUT2D eigenvalue weighted by atomic mass is 9.94. The van der Waals surface area contributed by atoms with E-state index in [2.05, 4.69) is 10.1 Å². The van der Waals surface area contributed by atoms with Gasteiger partial charge in [-0.1, -0.05) is 0 Å². The Balaban J connectivity index is 2.81. The van der Waals surface area contributed by atoms with Gasteiger partial charge in [0.1, 0.15) is 16.8 Å². The highest BCUT2D eigenvalue weighted by atomic mass is 19.2. The summed E-state index contributed by atoms with van der Waals surface area (Å²) < 4.78 is 46.4. The highest BCUT2D eigenvalue weighted by molar-refractivity contribution is 6.28. The molecule has 0 atom stereocenters. The third-order valence-electron chi connectivity index (χ3n) is 3.11. The zero-order valence-corrected chi connectivity index (χ0v) is 11.1. The predicted molar refractivity (Wildman–Crippen MR) is 67.6 cm³/mol. The van der Waals surface area contributed by atoms with E-state index in [1.807, 2.05) is 0 Å². The predicted octanol–water partition coefficient (Wildman–Crippen LogP) is 1.52.